The number of carbonyl (C=O) groups excluding carboxylic acids is 3. The summed E-state index contributed by atoms with van der Waals surface area (Å²) in [6.07, 6.45) is 1.95. The van der Waals surface area contributed by atoms with Crippen molar-refractivity contribution >= 4 is 35.1 Å². The molecule has 0 aliphatic heterocycles. The molecule has 130 valence electrons. The van der Waals surface area contributed by atoms with Gasteiger partial charge >= 0.3 is 5.97 Å². The number of Topliss-reactive ketones (excluding diaryl/α,β-unsaturated/α-hetero) is 1. The predicted molar refractivity (Wildman–Crippen MR) is 97.8 cm³/mol. The molecule has 2 rings (SSSR count). The Balaban J connectivity index is 1.72. The maximum atomic E-state index is 11.9. The maximum absolute atomic E-state index is 11.9. The number of thioether (sulfide) groups is 1. The molecule has 1 amide bonds. The van der Waals surface area contributed by atoms with Crippen LogP contribution >= 0.6 is 11.8 Å². The lowest BCUT2D eigenvalue weighted by Gasteiger charge is -2.07. The highest BCUT2D eigenvalue weighted by atomic mass is 32.2. The third-order valence-corrected chi connectivity index (χ3v) is 4.10. The van der Waals surface area contributed by atoms with E-state index >= 15 is 0 Å². The van der Waals surface area contributed by atoms with Crippen molar-refractivity contribution in [2.45, 2.75) is 17.7 Å². The molecule has 1 N–H and O–H groups in total. The normalized spacial score (nSPS) is 10.1. The maximum Gasteiger partial charge on any atom is 0.306 e. The Bertz CT molecular complexity index is 746. The Labute approximate surface area is 150 Å². The van der Waals surface area contributed by atoms with Crippen LogP contribution in [0.2, 0.25) is 0 Å². The molecule has 0 aromatic heterocycles. The number of hydrogen-bond donors (Lipinski definition) is 1. The number of hydrogen-bond acceptors (Lipinski definition) is 5. The summed E-state index contributed by atoms with van der Waals surface area (Å²) in [5.41, 5.74) is 1.20. The van der Waals surface area contributed by atoms with Gasteiger partial charge in [-0.15, -0.1) is 11.8 Å². The van der Waals surface area contributed by atoms with E-state index in [0.29, 0.717) is 11.3 Å². The molecule has 0 heterocycles. The summed E-state index contributed by atoms with van der Waals surface area (Å²) in [5.74, 6) is -1.12. The number of carbonyl (C=O) groups is 3. The quantitative estimate of drug-likeness (QED) is 0.444. The number of esters is 1. The average molecular weight is 357 g/mol. The van der Waals surface area contributed by atoms with Gasteiger partial charge in [-0.25, -0.2) is 0 Å². The zero-order valence-electron chi connectivity index (χ0n) is 13.9. The van der Waals surface area contributed by atoms with Crippen LogP contribution in [0.4, 0.5) is 5.69 Å². The number of nitrogens with one attached hydrogen (secondary N) is 1. The summed E-state index contributed by atoms with van der Waals surface area (Å²) >= 11 is 1.57. The standard InChI is InChI=1S/C19H19NO4S/c1-25-16-9-5-8-15(12-16)20-18(22)13-24-19(23)11-10-17(21)14-6-3-2-4-7-14/h2-9,12H,10-11,13H2,1H3,(H,20,22). The molecule has 0 aliphatic carbocycles. The van der Waals surface area contributed by atoms with Crippen molar-refractivity contribution in [1.29, 1.82) is 0 Å². The minimum atomic E-state index is -0.572. The Hall–Kier alpha value is -2.60. The van der Waals surface area contributed by atoms with Crippen LogP contribution in [0.3, 0.4) is 0 Å². The summed E-state index contributed by atoms with van der Waals surface area (Å²) in [7, 11) is 0. The average Bonchev–Trinajstić information content (AvgIpc) is 2.65. The SMILES string of the molecule is CSc1cccc(NC(=O)COC(=O)CCC(=O)c2ccccc2)c1. The Morgan fingerprint density at radius 2 is 1.76 bits per heavy atom. The molecule has 0 fully saturated rings. The van der Waals surface area contributed by atoms with Gasteiger partial charge in [0.2, 0.25) is 0 Å². The molecule has 0 bridgehead atoms. The largest absolute Gasteiger partial charge is 0.456 e. The molecule has 6 heteroatoms. The zero-order valence-corrected chi connectivity index (χ0v) is 14.7. The van der Waals surface area contributed by atoms with Gasteiger partial charge < -0.3 is 10.1 Å². The minimum Gasteiger partial charge on any atom is -0.456 e. The molecular formula is C19H19NO4S. The van der Waals surface area contributed by atoms with Crippen LogP contribution in [0, 0.1) is 0 Å². The molecule has 5 nitrogen and oxygen atoms in total. The van der Waals surface area contributed by atoms with E-state index in [4.69, 9.17) is 4.74 Å². The van der Waals surface area contributed by atoms with Crippen molar-refractivity contribution in [1.82, 2.24) is 0 Å². The fourth-order valence-electron chi connectivity index (χ4n) is 2.10. The smallest absolute Gasteiger partial charge is 0.306 e. The van der Waals surface area contributed by atoms with E-state index in [1.807, 2.05) is 30.5 Å². The Kier molecular flexibility index (Phi) is 7.22. The highest BCUT2D eigenvalue weighted by Gasteiger charge is 2.12. The fraction of sp³-hybridized carbons (Fsp3) is 0.211. The van der Waals surface area contributed by atoms with Crippen molar-refractivity contribution in [3.8, 4) is 0 Å². The van der Waals surface area contributed by atoms with Crippen LogP contribution in [0.25, 0.3) is 0 Å². The Morgan fingerprint density at radius 1 is 1.00 bits per heavy atom. The van der Waals surface area contributed by atoms with Crippen LogP contribution < -0.4 is 5.32 Å². The highest BCUT2D eigenvalue weighted by Crippen LogP contribution is 2.18. The van der Waals surface area contributed by atoms with E-state index in [1.54, 1.807) is 42.1 Å². The number of ether oxygens (including phenoxy) is 1. The highest BCUT2D eigenvalue weighted by molar-refractivity contribution is 7.98. The molecule has 0 unspecified atom stereocenters. The lowest BCUT2D eigenvalue weighted by atomic mass is 10.1. The zero-order chi connectivity index (χ0) is 18.1. The third-order valence-electron chi connectivity index (χ3n) is 3.37. The molecule has 25 heavy (non-hydrogen) atoms. The van der Waals surface area contributed by atoms with Gasteiger partial charge in [-0.05, 0) is 24.5 Å². The van der Waals surface area contributed by atoms with Gasteiger partial charge in [-0.1, -0.05) is 36.4 Å². The number of benzene rings is 2. The first-order chi connectivity index (χ1) is 12.1. The second-order valence-electron chi connectivity index (χ2n) is 5.23. The van der Waals surface area contributed by atoms with Gasteiger partial charge in [-0.2, -0.15) is 0 Å². The molecule has 2 aromatic carbocycles. The van der Waals surface area contributed by atoms with Crippen LogP contribution in [-0.2, 0) is 14.3 Å². The van der Waals surface area contributed by atoms with Gasteiger partial charge in [0.1, 0.15) is 0 Å². The van der Waals surface area contributed by atoms with E-state index in [2.05, 4.69) is 5.32 Å². The van der Waals surface area contributed by atoms with E-state index < -0.39 is 11.9 Å². The number of anilines is 1. The van der Waals surface area contributed by atoms with E-state index in [0.717, 1.165) is 4.90 Å². The van der Waals surface area contributed by atoms with Gasteiger partial charge in [0.15, 0.2) is 12.4 Å². The van der Waals surface area contributed by atoms with Crippen LogP contribution in [0.15, 0.2) is 59.5 Å². The first kappa shape index (κ1) is 18.7. The third kappa shape index (κ3) is 6.43. The first-order valence-electron chi connectivity index (χ1n) is 7.76. The molecular weight excluding hydrogens is 338 g/mol. The summed E-state index contributed by atoms with van der Waals surface area (Å²) in [6.45, 7) is -0.373. The van der Waals surface area contributed by atoms with Gasteiger partial charge in [0.05, 0.1) is 6.42 Å². The van der Waals surface area contributed by atoms with Crippen LogP contribution in [-0.4, -0.2) is 30.5 Å². The first-order valence-corrected chi connectivity index (χ1v) is 8.99. The van der Waals surface area contributed by atoms with E-state index in [9.17, 15) is 14.4 Å². The molecule has 0 spiro atoms. The lowest BCUT2D eigenvalue weighted by molar-refractivity contribution is -0.147. The van der Waals surface area contributed by atoms with Crippen LogP contribution in [0.5, 0.6) is 0 Å². The second kappa shape index (κ2) is 9.64. The summed E-state index contributed by atoms with van der Waals surface area (Å²) in [6, 6.07) is 16.1. The summed E-state index contributed by atoms with van der Waals surface area (Å²) in [5, 5.41) is 2.67. The van der Waals surface area contributed by atoms with E-state index in [1.165, 1.54) is 0 Å². The summed E-state index contributed by atoms with van der Waals surface area (Å²) in [4.78, 5) is 36.4. The van der Waals surface area contributed by atoms with Gasteiger partial charge in [0, 0.05) is 22.6 Å². The van der Waals surface area contributed by atoms with Crippen molar-refractivity contribution < 1.29 is 19.1 Å². The number of ketones is 1. The van der Waals surface area contributed by atoms with Crippen molar-refractivity contribution in [3.05, 3.63) is 60.2 Å². The van der Waals surface area contributed by atoms with Gasteiger partial charge in [0.25, 0.3) is 5.91 Å². The molecule has 0 atom stereocenters. The second-order valence-corrected chi connectivity index (χ2v) is 6.11. The van der Waals surface area contributed by atoms with Crippen LogP contribution in [0.1, 0.15) is 23.2 Å². The predicted octanol–water partition coefficient (Wildman–Crippen LogP) is 3.55. The molecule has 2 aromatic rings. The van der Waals surface area contributed by atoms with Crippen molar-refractivity contribution in [2.24, 2.45) is 0 Å². The fourth-order valence-corrected chi connectivity index (χ4v) is 2.56. The topological polar surface area (TPSA) is 72.5 Å². The number of rotatable bonds is 8. The molecule has 0 saturated carbocycles. The monoisotopic (exact) mass is 357 g/mol. The van der Waals surface area contributed by atoms with E-state index in [-0.39, 0.29) is 25.2 Å². The summed E-state index contributed by atoms with van der Waals surface area (Å²) < 4.78 is 4.91. The number of amides is 1. The molecule has 0 radical (unpaired) electrons. The lowest BCUT2D eigenvalue weighted by Crippen LogP contribution is -2.21. The molecule has 0 saturated heterocycles. The Morgan fingerprint density at radius 3 is 2.48 bits per heavy atom. The van der Waals surface area contributed by atoms with Gasteiger partial charge in [-0.3, -0.25) is 14.4 Å². The minimum absolute atomic E-state index is 0.0526. The van der Waals surface area contributed by atoms with Crippen molar-refractivity contribution in [2.75, 3.05) is 18.2 Å². The molecule has 0 aliphatic rings. The van der Waals surface area contributed by atoms with Crippen molar-refractivity contribution in [3.63, 3.8) is 0 Å².